The van der Waals surface area contributed by atoms with E-state index in [1.165, 1.54) is 11.4 Å². The highest BCUT2D eigenvalue weighted by atomic mass is 35.5. The summed E-state index contributed by atoms with van der Waals surface area (Å²) in [6.45, 7) is 6.15. The molecule has 84 valence electrons. The molecule has 0 N–H and O–H groups in total. The molecule has 0 fully saturated rings. The van der Waals surface area contributed by atoms with Crippen molar-refractivity contribution < 1.29 is 0 Å². The Hall–Kier alpha value is -0.600. The standard InChI is InChI=1S/C11H15ClN2.ClH/c1-3-13-9-7-5-6-8-10(9)14(4-2)11(13)12;/h5-8,11H,3-4H2,1-2H3;1H. The summed E-state index contributed by atoms with van der Waals surface area (Å²) in [6, 6.07) is 8.38. The minimum absolute atomic E-state index is 0. The molecule has 1 heterocycles. The van der Waals surface area contributed by atoms with Gasteiger partial charge in [-0.05, 0) is 26.0 Å². The van der Waals surface area contributed by atoms with Crippen molar-refractivity contribution in [2.45, 2.75) is 19.5 Å². The average molecular weight is 247 g/mol. The summed E-state index contributed by atoms with van der Waals surface area (Å²) in [5, 5.41) is 0. The van der Waals surface area contributed by atoms with Crippen molar-refractivity contribution >= 4 is 35.4 Å². The van der Waals surface area contributed by atoms with E-state index < -0.39 is 0 Å². The molecule has 0 bridgehead atoms. The Morgan fingerprint density at radius 1 is 1.07 bits per heavy atom. The van der Waals surface area contributed by atoms with E-state index in [1.54, 1.807) is 0 Å². The van der Waals surface area contributed by atoms with Gasteiger partial charge in [0, 0.05) is 13.1 Å². The summed E-state index contributed by atoms with van der Waals surface area (Å²) < 4.78 is 0. The van der Waals surface area contributed by atoms with Crippen LogP contribution in [-0.4, -0.2) is 18.7 Å². The van der Waals surface area contributed by atoms with E-state index in [0.29, 0.717) is 0 Å². The van der Waals surface area contributed by atoms with E-state index in [9.17, 15) is 0 Å². The normalized spacial score (nSPS) is 15.1. The molecule has 0 radical (unpaired) electrons. The third-order valence-corrected chi connectivity index (χ3v) is 3.17. The van der Waals surface area contributed by atoms with Crippen LogP contribution in [0.1, 0.15) is 13.8 Å². The van der Waals surface area contributed by atoms with Gasteiger partial charge in [-0.3, -0.25) is 0 Å². The van der Waals surface area contributed by atoms with Crippen molar-refractivity contribution in [3.05, 3.63) is 24.3 Å². The zero-order valence-electron chi connectivity index (χ0n) is 8.98. The summed E-state index contributed by atoms with van der Waals surface area (Å²) in [4.78, 5) is 4.42. The molecule has 1 aromatic rings. The van der Waals surface area contributed by atoms with Crippen LogP contribution in [-0.2, 0) is 0 Å². The Kier molecular flexibility index (Phi) is 4.12. The lowest BCUT2D eigenvalue weighted by Gasteiger charge is -2.25. The van der Waals surface area contributed by atoms with Crippen molar-refractivity contribution in [3.63, 3.8) is 0 Å². The molecule has 0 saturated heterocycles. The molecule has 2 nitrogen and oxygen atoms in total. The topological polar surface area (TPSA) is 6.48 Å². The second-order valence-electron chi connectivity index (χ2n) is 3.37. The lowest BCUT2D eigenvalue weighted by Crippen LogP contribution is -2.38. The van der Waals surface area contributed by atoms with Crippen LogP contribution in [0.15, 0.2) is 24.3 Å². The SMILES string of the molecule is CCN1c2ccccc2N(CC)C1Cl.Cl. The van der Waals surface area contributed by atoms with E-state index >= 15 is 0 Å². The first kappa shape index (κ1) is 12.5. The van der Waals surface area contributed by atoms with Gasteiger partial charge in [-0.1, -0.05) is 23.7 Å². The maximum atomic E-state index is 6.36. The number of anilines is 2. The van der Waals surface area contributed by atoms with Crippen LogP contribution in [0.4, 0.5) is 11.4 Å². The number of hydrogen-bond donors (Lipinski definition) is 0. The highest BCUT2D eigenvalue weighted by Crippen LogP contribution is 2.40. The molecule has 0 amide bonds. The first-order valence-corrected chi connectivity index (χ1v) is 5.49. The van der Waals surface area contributed by atoms with E-state index in [-0.39, 0.29) is 18.0 Å². The summed E-state index contributed by atoms with van der Waals surface area (Å²) in [7, 11) is 0. The number of alkyl halides is 1. The first-order chi connectivity index (χ1) is 6.79. The van der Waals surface area contributed by atoms with E-state index in [2.05, 4.69) is 47.9 Å². The Balaban J connectivity index is 0.00000112. The van der Waals surface area contributed by atoms with Gasteiger partial charge in [0.05, 0.1) is 11.4 Å². The highest BCUT2D eigenvalue weighted by molar-refractivity contribution is 6.24. The molecule has 1 aliphatic rings. The van der Waals surface area contributed by atoms with Crippen LogP contribution >= 0.6 is 24.0 Å². The zero-order chi connectivity index (χ0) is 10.1. The summed E-state index contributed by atoms with van der Waals surface area (Å²) in [5.74, 6) is 0. The van der Waals surface area contributed by atoms with E-state index in [0.717, 1.165) is 13.1 Å². The smallest absolute Gasteiger partial charge is 0.180 e. The molecule has 0 atom stereocenters. The van der Waals surface area contributed by atoms with Gasteiger partial charge in [0.15, 0.2) is 5.62 Å². The molecule has 1 aliphatic heterocycles. The molecular weight excluding hydrogens is 231 g/mol. The zero-order valence-corrected chi connectivity index (χ0v) is 10.6. The van der Waals surface area contributed by atoms with Crippen LogP contribution in [0.25, 0.3) is 0 Å². The van der Waals surface area contributed by atoms with Gasteiger partial charge < -0.3 is 9.80 Å². The van der Waals surface area contributed by atoms with Gasteiger partial charge in [0.2, 0.25) is 0 Å². The van der Waals surface area contributed by atoms with Gasteiger partial charge in [0.25, 0.3) is 0 Å². The number of hydrogen-bond acceptors (Lipinski definition) is 2. The third-order valence-electron chi connectivity index (χ3n) is 2.70. The lowest BCUT2D eigenvalue weighted by atomic mass is 10.2. The fourth-order valence-electron chi connectivity index (χ4n) is 1.99. The predicted octanol–water partition coefficient (Wildman–Crippen LogP) is 3.30. The second-order valence-corrected chi connectivity index (χ2v) is 3.76. The van der Waals surface area contributed by atoms with Crippen LogP contribution in [0, 0.1) is 0 Å². The largest absolute Gasteiger partial charge is 0.337 e. The van der Waals surface area contributed by atoms with Crippen molar-refractivity contribution in [3.8, 4) is 0 Å². The fourth-order valence-corrected chi connectivity index (χ4v) is 2.48. The fraction of sp³-hybridized carbons (Fsp3) is 0.455. The van der Waals surface area contributed by atoms with Crippen LogP contribution in [0.2, 0.25) is 0 Å². The van der Waals surface area contributed by atoms with Gasteiger partial charge in [0.1, 0.15) is 0 Å². The third kappa shape index (κ3) is 1.88. The molecule has 4 heteroatoms. The molecule has 0 aromatic heterocycles. The summed E-state index contributed by atoms with van der Waals surface area (Å²) in [5.41, 5.74) is 2.47. The maximum absolute atomic E-state index is 6.36. The quantitative estimate of drug-likeness (QED) is 0.584. The average Bonchev–Trinajstić information content (AvgIpc) is 2.49. The highest BCUT2D eigenvalue weighted by Gasteiger charge is 2.31. The van der Waals surface area contributed by atoms with Crippen molar-refractivity contribution in [2.24, 2.45) is 0 Å². The van der Waals surface area contributed by atoms with Crippen LogP contribution in [0.5, 0.6) is 0 Å². The summed E-state index contributed by atoms with van der Waals surface area (Å²) in [6.07, 6.45) is 0. The second kappa shape index (κ2) is 4.95. The van der Waals surface area contributed by atoms with Gasteiger partial charge in [-0.2, -0.15) is 0 Å². The number of nitrogens with zero attached hydrogens (tertiary/aromatic N) is 2. The molecule has 15 heavy (non-hydrogen) atoms. The Bertz CT molecular complexity index is 299. The molecule has 0 unspecified atom stereocenters. The molecule has 2 rings (SSSR count). The number of para-hydroxylation sites is 2. The minimum atomic E-state index is -0.0256. The van der Waals surface area contributed by atoms with E-state index in [4.69, 9.17) is 11.6 Å². The Labute approximate surface area is 102 Å². The van der Waals surface area contributed by atoms with E-state index in [1.807, 2.05) is 0 Å². The molecular formula is C11H16Cl2N2. The number of fused-ring (bicyclic) bond motifs is 1. The van der Waals surface area contributed by atoms with Gasteiger partial charge >= 0.3 is 0 Å². The Morgan fingerprint density at radius 2 is 1.47 bits per heavy atom. The maximum Gasteiger partial charge on any atom is 0.180 e. The summed E-state index contributed by atoms with van der Waals surface area (Å²) >= 11 is 6.36. The molecule has 0 spiro atoms. The molecule has 1 aromatic carbocycles. The lowest BCUT2D eigenvalue weighted by molar-refractivity contribution is 0.747. The number of halogens is 2. The minimum Gasteiger partial charge on any atom is -0.337 e. The number of rotatable bonds is 2. The van der Waals surface area contributed by atoms with Gasteiger partial charge in [-0.25, -0.2) is 0 Å². The Morgan fingerprint density at radius 3 is 1.80 bits per heavy atom. The van der Waals surface area contributed by atoms with Crippen molar-refractivity contribution in [2.75, 3.05) is 22.9 Å². The predicted molar refractivity (Wildman–Crippen MR) is 69.4 cm³/mol. The van der Waals surface area contributed by atoms with Crippen LogP contribution in [0.3, 0.4) is 0 Å². The molecule has 0 aliphatic carbocycles. The first-order valence-electron chi connectivity index (χ1n) is 5.06. The van der Waals surface area contributed by atoms with Crippen molar-refractivity contribution in [1.29, 1.82) is 0 Å². The van der Waals surface area contributed by atoms with Crippen molar-refractivity contribution in [1.82, 2.24) is 0 Å². The molecule has 0 saturated carbocycles. The number of benzene rings is 1. The van der Waals surface area contributed by atoms with Crippen LogP contribution < -0.4 is 9.80 Å². The van der Waals surface area contributed by atoms with Gasteiger partial charge in [-0.15, -0.1) is 12.4 Å². The monoisotopic (exact) mass is 246 g/mol.